The highest BCUT2D eigenvalue weighted by atomic mass is 16.4. The van der Waals surface area contributed by atoms with Crippen molar-refractivity contribution in [1.82, 2.24) is 15.5 Å². The van der Waals surface area contributed by atoms with Crippen LogP contribution in [0.3, 0.4) is 0 Å². The first-order valence-corrected chi connectivity index (χ1v) is 6.38. The van der Waals surface area contributed by atoms with E-state index in [2.05, 4.69) is 10.6 Å². The van der Waals surface area contributed by atoms with Crippen LogP contribution in [0.4, 0.5) is 0 Å². The van der Waals surface area contributed by atoms with Gasteiger partial charge >= 0.3 is 5.97 Å². The molecule has 3 N–H and O–H groups in total. The van der Waals surface area contributed by atoms with Crippen LogP contribution in [-0.2, 0) is 14.4 Å². The van der Waals surface area contributed by atoms with E-state index < -0.39 is 12.0 Å². The van der Waals surface area contributed by atoms with Crippen LogP contribution in [0.15, 0.2) is 0 Å². The van der Waals surface area contributed by atoms with E-state index in [0.29, 0.717) is 19.6 Å². The molecule has 1 fully saturated rings. The maximum Gasteiger partial charge on any atom is 0.327 e. The van der Waals surface area contributed by atoms with Gasteiger partial charge in [-0.25, -0.2) is 4.79 Å². The zero-order chi connectivity index (χ0) is 14.4. The quantitative estimate of drug-likeness (QED) is 0.606. The lowest BCUT2D eigenvalue weighted by Gasteiger charge is -2.33. The van der Waals surface area contributed by atoms with E-state index in [1.54, 1.807) is 0 Å². The third-order valence-electron chi connectivity index (χ3n) is 3.11. The topological polar surface area (TPSA) is 98.7 Å². The summed E-state index contributed by atoms with van der Waals surface area (Å²) in [6, 6.07) is -0.715. The lowest BCUT2D eigenvalue weighted by Crippen LogP contribution is -2.51. The first-order valence-electron chi connectivity index (χ1n) is 6.38. The van der Waals surface area contributed by atoms with Crippen LogP contribution >= 0.6 is 0 Å². The van der Waals surface area contributed by atoms with Crippen molar-refractivity contribution in [1.29, 1.82) is 0 Å². The Labute approximate surface area is 112 Å². The summed E-state index contributed by atoms with van der Waals surface area (Å²) in [5, 5.41) is 14.3. The molecule has 1 atom stereocenters. The number of hydrogen-bond acceptors (Lipinski definition) is 4. The third kappa shape index (κ3) is 5.69. The van der Waals surface area contributed by atoms with Gasteiger partial charge in [0.05, 0.1) is 0 Å². The van der Waals surface area contributed by atoms with E-state index in [1.807, 2.05) is 4.90 Å². The number of likely N-dealkylation sites (tertiary alicyclic amines) is 1. The van der Waals surface area contributed by atoms with Crippen LogP contribution in [0.2, 0.25) is 0 Å². The summed E-state index contributed by atoms with van der Waals surface area (Å²) in [6.45, 7) is 4.52. The van der Waals surface area contributed by atoms with E-state index in [1.165, 1.54) is 13.8 Å². The predicted octanol–water partition coefficient (Wildman–Crippen LogP) is -0.824. The van der Waals surface area contributed by atoms with Crippen molar-refractivity contribution in [3.63, 3.8) is 0 Å². The Hall–Kier alpha value is -1.63. The van der Waals surface area contributed by atoms with Gasteiger partial charge in [0.1, 0.15) is 6.04 Å². The molecule has 7 heteroatoms. The van der Waals surface area contributed by atoms with Crippen molar-refractivity contribution < 1.29 is 19.5 Å². The van der Waals surface area contributed by atoms with Gasteiger partial charge in [0, 0.05) is 39.5 Å². The number of carbonyl (C=O) groups is 3. The van der Waals surface area contributed by atoms with Crippen LogP contribution < -0.4 is 10.6 Å². The third-order valence-corrected chi connectivity index (χ3v) is 3.11. The van der Waals surface area contributed by atoms with Gasteiger partial charge in [0.2, 0.25) is 11.8 Å². The molecule has 0 aromatic carbocycles. The fourth-order valence-corrected chi connectivity index (χ4v) is 2.24. The molecule has 1 heterocycles. The second kappa shape index (κ2) is 7.08. The van der Waals surface area contributed by atoms with Crippen LogP contribution in [-0.4, -0.2) is 59.5 Å². The van der Waals surface area contributed by atoms with Crippen LogP contribution in [0.5, 0.6) is 0 Å². The lowest BCUT2D eigenvalue weighted by molar-refractivity contribution is -0.142. The second-order valence-corrected chi connectivity index (χ2v) is 4.87. The molecule has 7 nitrogen and oxygen atoms in total. The number of piperidine rings is 1. The zero-order valence-electron chi connectivity index (χ0n) is 11.3. The Bertz CT molecular complexity index is 351. The largest absolute Gasteiger partial charge is 0.480 e. The standard InChI is InChI=1S/C12H21N3O4/c1-8(16)13-10-3-5-15(6-4-10)7-11(12(18)19)14-9(2)17/h10-11H,3-7H2,1-2H3,(H,13,16)(H,14,17)(H,18,19). The monoisotopic (exact) mass is 271 g/mol. The van der Waals surface area contributed by atoms with E-state index in [4.69, 9.17) is 5.11 Å². The van der Waals surface area contributed by atoms with Gasteiger partial charge < -0.3 is 20.6 Å². The highest BCUT2D eigenvalue weighted by Gasteiger charge is 2.25. The minimum Gasteiger partial charge on any atom is -0.480 e. The van der Waals surface area contributed by atoms with Crippen LogP contribution in [0.25, 0.3) is 0 Å². The van der Waals surface area contributed by atoms with Crippen molar-refractivity contribution in [3.8, 4) is 0 Å². The molecule has 1 unspecified atom stereocenters. The summed E-state index contributed by atoms with van der Waals surface area (Å²) in [5.74, 6) is -1.42. The molecule has 1 aliphatic heterocycles. The van der Waals surface area contributed by atoms with E-state index in [0.717, 1.165) is 12.8 Å². The Balaban J connectivity index is 2.40. The average molecular weight is 271 g/mol. The molecule has 0 spiro atoms. The van der Waals surface area contributed by atoms with Gasteiger partial charge in [-0.15, -0.1) is 0 Å². The van der Waals surface area contributed by atoms with Crippen molar-refractivity contribution in [3.05, 3.63) is 0 Å². The molecular weight excluding hydrogens is 250 g/mol. The summed E-state index contributed by atoms with van der Waals surface area (Å²) < 4.78 is 0. The summed E-state index contributed by atoms with van der Waals surface area (Å²) in [5.41, 5.74) is 0. The molecule has 0 bridgehead atoms. The second-order valence-electron chi connectivity index (χ2n) is 4.87. The smallest absolute Gasteiger partial charge is 0.327 e. The average Bonchev–Trinajstić information content (AvgIpc) is 2.29. The fourth-order valence-electron chi connectivity index (χ4n) is 2.24. The number of rotatable bonds is 5. The van der Waals surface area contributed by atoms with Crippen molar-refractivity contribution in [2.75, 3.05) is 19.6 Å². The zero-order valence-corrected chi connectivity index (χ0v) is 11.3. The molecule has 1 saturated heterocycles. The molecular formula is C12H21N3O4. The number of carboxylic acid groups (broad SMARTS) is 1. The predicted molar refractivity (Wildman–Crippen MR) is 68.5 cm³/mol. The van der Waals surface area contributed by atoms with Gasteiger partial charge in [-0.1, -0.05) is 0 Å². The minimum absolute atomic E-state index is 0.0416. The first kappa shape index (κ1) is 15.4. The molecule has 108 valence electrons. The number of carboxylic acids is 1. The van der Waals surface area contributed by atoms with Gasteiger partial charge in [-0.2, -0.15) is 0 Å². The van der Waals surface area contributed by atoms with Crippen molar-refractivity contribution in [2.45, 2.75) is 38.8 Å². The normalized spacial score (nSPS) is 18.6. The number of carbonyl (C=O) groups excluding carboxylic acids is 2. The van der Waals surface area contributed by atoms with Gasteiger partial charge in [0.15, 0.2) is 0 Å². The highest BCUT2D eigenvalue weighted by molar-refractivity contribution is 5.82. The Morgan fingerprint density at radius 1 is 1.21 bits per heavy atom. The Kier molecular flexibility index (Phi) is 5.75. The summed E-state index contributed by atoms with van der Waals surface area (Å²) in [4.78, 5) is 34.9. The summed E-state index contributed by atoms with van der Waals surface area (Å²) >= 11 is 0. The fraction of sp³-hybridized carbons (Fsp3) is 0.750. The van der Waals surface area contributed by atoms with E-state index in [-0.39, 0.29) is 17.9 Å². The molecule has 19 heavy (non-hydrogen) atoms. The highest BCUT2D eigenvalue weighted by Crippen LogP contribution is 2.10. The number of nitrogens with one attached hydrogen (secondary N) is 2. The molecule has 1 aliphatic rings. The Morgan fingerprint density at radius 2 is 1.79 bits per heavy atom. The van der Waals surface area contributed by atoms with Crippen molar-refractivity contribution >= 4 is 17.8 Å². The maximum absolute atomic E-state index is 11.0. The molecule has 0 aliphatic carbocycles. The molecule has 0 aromatic heterocycles. The minimum atomic E-state index is -1.03. The maximum atomic E-state index is 11.0. The number of nitrogens with zero attached hydrogens (tertiary/aromatic N) is 1. The molecule has 0 aromatic rings. The van der Waals surface area contributed by atoms with Gasteiger partial charge in [-0.3, -0.25) is 9.59 Å². The van der Waals surface area contributed by atoms with Crippen molar-refractivity contribution in [2.24, 2.45) is 0 Å². The van der Waals surface area contributed by atoms with E-state index >= 15 is 0 Å². The molecule has 0 saturated carbocycles. The molecule has 0 radical (unpaired) electrons. The van der Waals surface area contributed by atoms with Gasteiger partial charge in [-0.05, 0) is 12.8 Å². The van der Waals surface area contributed by atoms with Gasteiger partial charge in [0.25, 0.3) is 0 Å². The number of hydrogen-bond donors (Lipinski definition) is 3. The van der Waals surface area contributed by atoms with Crippen LogP contribution in [0, 0.1) is 0 Å². The van der Waals surface area contributed by atoms with E-state index in [9.17, 15) is 14.4 Å². The van der Waals surface area contributed by atoms with Crippen LogP contribution in [0.1, 0.15) is 26.7 Å². The summed E-state index contributed by atoms with van der Waals surface area (Å²) in [6.07, 6.45) is 1.60. The number of amides is 2. The number of aliphatic carboxylic acids is 1. The SMILES string of the molecule is CC(=O)NC1CCN(CC(NC(C)=O)C(=O)O)CC1. The summed E-state index contributed by atoms with van der Waals surface area (Å²) in [7, 11) is 0. The Morgan fingerprint density at radius 3 is 2.21 bits per heavy atom. The molecule has 1 rings (SSSR count). The lowest BCUT2D eigenvalue weighted by atomic mass is 10.0. The molecule has 2 amide bonds. The first-order chi connectivity index (χ1) is 8.88.